The van der Waals surface area contributed by atoms with Gasteiger partial charge < -0.3 is 10.4 Å². The molecule has 3 unspecified atom stereocenters. The average Bonchev–Trinajstić information content (AvgIpc) is 3.11. The third kappa shape index (κ3) is 3.02. The largest absolute Gasteiger partial charge is 0.478 e. The summed E-state index contributed by atoms with van der Waals surface area (Å²) in [6.45, 7) is 1.90. The fraction of sp³-hybridized carbons (Fsp3) is 0.500. The number of carboxylic acid groups (broad SMARTS) is 1. The first-order valence-corrected chi connectivity index (χ1v) is 8.17. The minimum atomic E-state index is -0.976. The normalized spacial score (nSPS) is 27.4. The van der Waals surface area contributed by atoms with Gasteiger partial charge >= 0.3 is 5.97 Å². The summed E-state index contributed by atoms with van der Waals surface area (Å²) in [4.78, 5) is 24.4. The Kier molecular flexibility index (Phi) is 3.85. The van der Waals surface area contributed by atoms with E-state index in [4.69, 9.17) is 5.11 Å². The second kappa shape index (κ2) is 5.64. The number of carboxylic acids is 1. The SMILES string of the molecule is Cc1cc(C(=O)NC2CC3CCC2C3)sc1/C=C/C(=O)O. The molecule has 2 saturated carbocycles. The van der Waals surface area contributed by atoms with E-state index in [2.05, 4.69) is 5.32 Å². The quantitative estimate of drug-likeness (QED) is 0.840. The number of aryl methyl sites for hydroxylation is 1. The highest BCUT2D eigenvalue weighted by molar-refractivity contribution is 7.15. The fourth-order valence-electron chi connectivity index (χ4n) is 3.58. The first-order valence-electron chi connectivity index (χ1n) is 7.35. The van der Waals surface area contributed by atoms with Gasteiger partial charge in [0.25, 0.3) is 5.91 Å². The molecule has 1 aromatic rings. The number of hydrogen-bond donors (Lipinski definition) is 2. The molecule has 3 rings (SSSR count). The molecule has 1 amide bonds. The Morgan fingerprint density at radius 1 is 1.38 bits per heavy atom. The Hall–Kier alpha value is -1.62. The predicted molar refractivity (Wildman–Crippen MR) is 82.4 cm³/mol. The maximum Gasteiger partial charge on any atom is 0.328 e. The number of aliphatic carboxylic acids is 1. The molecule has 0 saturated heterocycles. The molecule has 2 bridgehead atoms. The second-order valence-electron chi connectivity index (χ2n) is 6.08. The number of rotatable bonds is 4. The highest BCUT2D eigenvalue weighted by Gasteiger charge is 2.40. The van der Waals surface area contributed by atoms with E-state index < -0.39 is 5.97 Å². The molecule has 0 aromatic carbocycles. The molecule has 1 aromatic heterocycles. The number of carbonyl (C=O) groups is 2. The van der Waals surface area contributed by atoms with Crippen LogP contribution in [0.5, 0.6) is 0 Å². The molecule has 0 radical (unpaired) electrons. The molecule has 2 fully saturated rings. The Morgan fingerprint density at radius 2 is 2.19 bits per heavy atom. The number of amides is 1. The van der Waals surface area contributed by atoms with Gasteiger partial charge in [0.1, 0.15) is 0 Å². The van der Waals surface area contributed by atoms with Gasteiger partial charge in [0.15, 0.2) is 0 Å². The second-order valence-corrected chi connectivity index (χ2v) is 7.17. The molecule has 1 heterocycles. The van der Waals surface area contributed by atoms with E-state index in [0.29, 0.717) is 16.8 Å². The van der Waals surface area contributed by atoms with Gasteiger partial charge in [-0.15, -0.1) is 11.3 Å². The van der Waals surface area contributed by atoms with Crippen molar-refractivity contribution in [2.45, 2.75) is 38.6 Å². The van der Waals surface area contributed by atoms with Crippen LogP contribution in [0.25, 0.3) is 6.08 Å². The molecule has 4 nitrogen and oxygen atoms in total. The zero-order chi connectivity index (χ0) is 15.0. The molecule has 21 heavy (non-hydrogen) atoms. The van der Waals surface area contributed by atoms with Crippen LogP contribution in [-0.2, 0) is 4.79 Å². The Labute approximate surface area is 127 Å². The van der Waals surface area contributed by atoms with Crippen LogP contribution in [0.3, 0.4) is 0 Å². The molecular formula is C16H19NO3S. The van der Waals surface area contributed by atoms with Crippen molar-refractivity contribution in [3.05, 3.63) is 27.5 Å². The molecule has 112 valence electrons. The smallest absolute Gasteiger partial charge is 0.328 e. The summed E-state index contributed by atoms with van der Waals surface area (Å²) in [5, 5.41) is 11.8. The number of hydrogen-bond acceptors (Lipinski definition) is 3. The summed E-state index contributed by atoms with van der Waals surface area (Å²) in [7, 11) is 0. The zero-order valence-corrected chi connectivity index (χ0v) is 12.8. The molecule has 5 heteroatoms. The lowest BCUT2D eigenvalue weighted by atomic mass is 9.95. The molecule has 0 aliphatic heterocycles. The number of carbonyl (C=O) groups excluding carboxylic acids is 1. The van der Waals surface area contributed by atoms with Crippen molar-refractivity contribution in [3.8, 4) is 0 Å². The predicted octanol–water partition coefficient (Wildman–Crippen LogP) is 3.07. The first-order chi connectivity index (χ1) is 10.0. The standard InChI is InChI=1S/C16H19NO3S/c1-9-6-14(21-13(9)4-5-15(18)19)16(20)17-12-8-10-2-3-11(12)7-10/h4-6,10-12H,2-3,7-8H2,1H3,(H,17,20)(H,18,19)/b5-4+. The van der Waals surface area contributed by atoms with Crippen molar-refractivity contribution in [1.82, 2.24) is 5.32 Å². The Bertz CT molecular complexity index is 605. The van der Waals surface area contributed by atoms with Crippen molar-refractivity contribution in [3.63, 3.8) is 0 Å². The van der Waals surface area contributed by atoms with Gasteiger partial charge in [-0.25, -0.2) is 4.79 Å². The van der Waals surface area contributed by atoms with Crippen LogP contribution in [0, 0.1) is 18.8 Å². The monoisotopic (exact) mass is 305 g/mol. The first kappa shape index (κ1) is 14.3. The van der Waals surface area contributed by atoms with Gasteiger partial charge in [0.05, 0.1) is 4.88 Å². The highest BCUT2D eigenvalue weighted by atomic mass is 32.1. The maximum atomic E-state index is 12.3. The van der Waals surface area contributed by atoms with Crippen LogP contribution in [-0.4, -0.2) is 23.0 Å². The van der Waals surface area contributed by atoms with Crippen LogP contribution < -0.4 is 5.32 Å². The lowest BCUT2D eigenvalue weighted by molar-refractivity contribution is -0.131. The van der Waals surface area contributed by atoms with Gasteiger partial charge in [-0.2, -0.15) is 0 Å². The number of thiophene rings is 1. The number of nitrogens with one attached hydrogen (secondary N) is 1. The maximum absolute atomic E-state index is 12.3. The average molecular weight is 305 g/mol. The summed E-state index contributed by atoms with van der Waals surface area (Å²) < 4.78 is 0. The van der Waals surface area contributed by atoms with Crippen LogP contribution in [0.2, 0.25) is 0 Å². The van der Waals surface area contributed by atoms with E-state index in [1.165, 1.54) is 30.6 Å². The van der Waals surface area contributed by atoms with E-state index in [-0.39, 0.29) is 5.91 Å². The zero-order valence-electron chi connectivity index (χ0n) is 12.0. The molecule has 3 atom stereocenters. The van der Waals surface area contributed by atoms with Crippen molar-refractivity contribution in [1.29, 1.82) is 0 Å². The highest BCUT2D eigenvalue weighted by Crippen LogP contribution is 2.44. The van der Waals surface area contributed by atoms with E-state index >= 15 is 0 Å². The van der Waals surface area contributed by atoms with Gasteiger partial charge in [-0.05, 0) is 55.7 Å². The van der Waals surface area contributed by atoms with Gasteiger partial charge in [-0.1, -0.05) is 6.42 Å². The molecule has 2 aliphatic rings. The molecule has 2 aliphatic carbocycles. The third-order valence-corrected chi connectivity index (χ3v) is 5.81. The lowest BCUT2D eigenvalue weighted by Gasteiger charge is -2.22. The van der Waals surface area contributed by atoms with Crippen LogP contribution in [0.1, 0.15) is 45.8 Å². The summed E-state index contributed by atoms with van der Waals surface area (Å²) in [5.74, 6) is 0.470. The summed E-state index contributed by atoms with van der Waals surface area (Å²) in [5.41, 5.74) is 0.940. The van der Waals surface area contributed by atoms with E-state index in [0.717, 1.165) is 28.9 Å². The van der Waals surface area contributed by atoms with E-state index in [1.807, 2.05) is 13.0 Å². The van der Waals surface area contributed by atoms with Gasteiger partial charge in [0.2, 0.25) is 0 Å². The van der Waals surface area contributed by atoms with Crippen molar-refractivity contribution >= 4 is 29.3 Å². The fourth-order valence-corrected chi connectivity index (χ4v) is 4.56. The van der Waals surface area contributed by atoms with Gasteiger partial charge in [0, 0.05) is 17.0 Å². The number of fused-ring (bicyclic) bond motifs is 2. The topological polar surface area (TPSA) is 66.4 Å². The van der Waals surface area contributed by atoms with E-state index in [1.54, 1.807) is 6.08 Å². The summed E-state index contributed by atoms with van der Waals surface area (Å²) in [6.07, 6.45) is 7.60. The lowest BCUT2D eigenvalue weighted by Crippen LogP contribution is -2.38. The molecular weight excluding hydrogens is 286 g/mol. The van der Waals surface area contributed by atoms with E-state index in [9.17, 15) is 9.59 Å². The Balaban J connectivity index is 1.67. The third-order valence-electron chi connectivity index (χ3n) is 4.61. The van der Waals surface area contributed by atoms with Crippen molar-refractivity contribution in [2.75, 3.05) is 0 Å². The Morgan fingerprint density at radius 3 is 2.81 bits per heavy atom. The molecule has 0 spiro atoms. The van der Waals surface area contributed by atoms with Crippen molar-refractivity contribution in [2.24, 2.45) is 11.8 Å². The van der Waals surface area contributed by atoms with Crippen LogP contribution >= 0.6 is 11.3 Å². The summed E-state index contributed by atoms with van der Waals surface area (Å²) in [6, 6.07) is 2.17. The van der Waals surface area contributed by atoms with Crippen LogP contribution in [0.4, 0.5) is 0 Å². The minimum Gasteiger partial charge on any atom is -0.478 e. The molecule has 2 N–H and O–H groups in total. The van der Waals surface area contributed by atoms with Crippen molar-refractivity contribution < 1.29 is 14.7 Å². The van der Waals surface area contributed by atoms with Crippen LogP contribution in [0.15, 0.2) is 12.1 Å². The minimum absolute atomic E-state index is 0.0179. The summed E-state index contributed by atoms with van der Waals surface area (Å²) >= 11 is 1.35. The van der Waals surface area contributed by atoms with Gasteiger partial charge in [-0.3, -0.25) is 4.79 Å².